The highest BCUT2D eigenvalue weighted by molar-refractivity contribution is 7.09. The number of amides is 1. The molecular formula is C10H17N3OS. The van der Waals surface area contributed by atoms with Crippen molar-refractivity contribution in [1.29, 1.82) is 0 Å². The van der Waals surface area contributed by atoms with Crippen LogP contribution in [0.25, 0.3) is 0 Å². The van der Waals surface area contributed by atoms with Gasteiger partial charge < -0.3 is 11.1 Å². The van der Waals surface area contributed by atoms with E-state index in [4.69, 9.17) is 5.73 Å². The molecule has 15 heavy (non-hydrogen) atoms. The first kappa shape index (κ1) is 12.1. The van der Waals surface area contributed by atoms with Gasteiger partial charge in [0, 0.05) is 30.5 Å². The van der Waals surface area contributed by atoms with Crippen molar-refractivity contribution in [3.63, 3.8) is 0 Å². The molecule has 1 aromatic rings. The average molecular weight is 227 g/mol. The second-order valence-electron chi connectivity index (χ2n) is 3.37. The molecule has 0 radical (unpaired) electrons. The van der Waals surface area contributed by atoms with Crippen LogP contribution in [0.3, 0.4) is 0 Å². The van der Waals surface area contributed by atoms with Crippen LogP contribution in [-0.4, -0.2) is 24.0 Å². The minimum absolute atomic E-state index is 0.0775. The molecule has 0 bridgehead atoms. The molecule has 0 unspecified atom stereocenters. The third-order valence-corrected chi connectivity index (χ3v) is 2.96. The Morgan fingerprint density at radius 2 is 2.47 bits per heavy atom. The Morgan fingerprint density at radius 3 is 3.07 bits per heavy atom. The van der Waals surface area contributed by atoms with Gasteiger partial charge in [-0.2, -0.15) is 0 Å². The summed E-state index contributed by atoms with van der Waals surface area (Å²) in [6.45, 7) is 3.20. The zero-order valence-corrected chi connectivity index (χ0v) is 9.77. The van der Waals surface area contributed by atoms with Gasteiger partial charge in [0.25, 0.3) is 0 Å². The van der Waals surface area contributed by atoms with Crippen molar-refractivity contribution in [2.24, 2.45) is 5.73 Å². The number of carbonyl (C=O) groups is 1. The number of rotatable bonds is 6. The largest absolute Gasteiger partial charge is 0.356 e. The van der Waals surface area contributed by atoms with Gasteiger partial charge in [0.1, 0.15) is 0 Å². The van der Waals surface area contributed by atoms with Crippen molar-refractivity contribution >= 4 is 17.2 Å². The van der Waals surface area contributed by atoms with Crippen molar-refractivity contribution < 1.29 is 4.79 Å². The molecule has 0 aliphatic rings. The third kappa shape index (κ3) is 4.90. The number of nitrogens with zero attached hydrogens (tertiary/aromatic N) is 1. The predicted molar refractivity (Wildman–Crippen MR) is 61.9 cm³/mol. The topological polar surface area (TPSA) is 68.0 Å². The number of carbonyl (C=O) groups excluding carboxylic acids is 1. The van der Waals surface area contributed by atoms with Crippen LogP contribution in [0.5, 0.6) is 0 Å². The number of hydrogen-bond donors (Lipinski definition) is 2. The minimum atomic E-state index is 0.0775. The summed E-state index contributed by atoms with van der Waals surface area (Å²) < 4.78 is 0. The Bertz CT molecular complexity index is 311. The van der Waals surface area contributed by atoms with E-state index >= 15 is 0 Å². The minimum Gasteiger partial charge on any atom is -0.356 e. The zero-order chi connectivity index (χ0) is 11.1. The summed E-state index contributed by atoms with van der Waals surface area (Å²) in [6.07, 6.45) is 2.09. The van der Waals surface area contributed by atoms with Crippen molar-refractivity contribution in [3.8, 4) is 0 Å². The maximum absolute atomic E-state index is 11.2. The highest BCUT2D eigenvalue weighted by atomic mass is 32.1. The van der Waals surface area contributed by atoms with Crippen molar-refractivity contribution in [2.45, 2.75) is 26.2 Å². The van der Waals surface area contributed by atoms with Gasteiger partial charge in [0.15, 0.2) is 0 Å². The molecule has 0 spiro atoms. The van der Waals surface area contributed by atoms with E-state index in [2.05, 4.69) is 10.3 Å². The molecule has 3 N–H and O–H groups in total. The van der Waals surface area contributed by atoms with Gasteiger partial charge in [-0.15, -0.1) is 11.3 Å². The Kier molecular flexibility index (Phi) is 5.28. The molecule has 0 saturated carbocycles. The van der Waals surface area contributed by atoms with Gasteiger partial charge in [-0.05, 0) is 19.9 Å². The number of nitrogens with two attached hydrogens (primary N) is 1. The van der Waals surface area contributed by atoms with Crippen LogP contribution in [-0.2, 0) is 11.2 Å². The SMILES string of the molecule is Cc1csc(CCNC(=O)CCCN)n1. The highest BCUT2D eigenvalue weighted by Gasteiger charge is 2.01. The molecule has 0 saturated heterocycles. The summed E-state index contributed by atoms with van der Waals surface area (Å²) in [4.78, 5) is 15.5. The lowest BCUT2D eigenvalue weighted by molar-refractivity contribution is -0.121. The molecule has 0 atom stereocenters. The van der Waals surface area contributed by atoms with E-state index in [-0.39, 0.29) is 5.91 Å². The Labute approximate surface area is 93.9 Å². The van der Waals surface area contributed by atoms with Crippen LogP contribution >= 0.6 is 11.3 Å². The van der Waals surface area contributed by atoms with Gasteiger partial charge in [-0.25, -0.2) is 4.98 Å². The van der Waals surface area contributed by atoms with Crippen molar-refractivity contribution in [3.05, 3.63) is 16.1 Å². The molecule has 0 aliphatic carbocycles. The molecule has 0 fully saturated rings. The number of thiazole rings is 1. The third-order valence-electron chi connectivity index (χ3n) is 1.94. The second kappa shape index (κ2) is 6.53. The molecule has 1 amide bonds. The maximum Gasteiger partial charge on any atom is 0.220 e. The lowest BCUT2D eigenvalue weighted by Gasteiger charge is -2.02. The Balaban J connectivity index is 2.13. The first-order valence-electron chi connectivity index (χ1n) is 5.10. The van der Waals surface area contributed by atoms with Crippen LogP contribution in [0, 0.1) is 6.92 Å². The second-order valence-corrected chi connectivity index (χ2v) is 4.32. The normalized spacial score (nSPS) is 10.3. The van der Waals surface area contributed by atoms with E-state index in [1.807, 2.05) is 12.3 Å². The van der Waals surface area contributed by atoms with E-state index in [0.717, 1.165) is 23.5 Å². The molecule has 84 valence electrons. The summed E-state index contributed by atoms with van der Waals surface area (Å²) in [5.74, 6) is 0.0775. The van der Waals surface area contributed by atoms with Crippen LogP contribution in [0.15, 0.2) is 5.38 Å². The molecule has 5 heteroatoms. The first-order chi connectivity index (χ1) is 7.22. The maximum atomic E-state index is 11.2. The van der Waals surface area contributed by atoms with E-state index in [9.17, 15) is 4.79 Å². The van der Waals surface area contributed by atoms with Crippen LogP contribution in [0.1, 0.15) is 23.5 Å². The Hall–Kier alpha value is -0.940. The average Bonchev–Trinajstić information content (AvgIpc) is 2.61. The number of aryl methyl sites for hydroxylation is 1. The number of nitrogens with one attached hydrogen (secondary N) is 1. The molecule has 0 aliphatic heterocycles. The first-order valence-corrected chi connectivity index (χ1v) is 5.98. The van der Waals surface area contributed by atoms with Crippen LogP contribution < -0.4 is 11.1 Å². The van der Waals surface area contributed by atoms with E-state index in [1.54, 1.807) is 11.3 Å². The monoisotopic (exact) mass is 227 g/mol. The summed E-state index contributed by atoms with van der Waals surface area (Å²) >= 11 is 1.64. The van der Waals surface area contributed by atoms with Crippen molar-refractivity contribution in [2.75, 3.05) is 13.1 Å². The van der Waals surface area contributed by atoms with Crippen LogP contribution in [0.2, 0.25) is 0 Å². The molecule has 1 aromatic heterocycles. The molecular weight excluding hydrogens is 210 g/mol. The smallest absolute Gasteiger partial charge is 0.220 e. The van der Waals surface area contributed by atoms with Crippen LogP contribution in [0.4, 0.5) is 0 Å². The fraction of sp³-hybridized carbons (Fsp3) is 0.600. The summed E-state index contributed by atoms with van der Waals surface area (Å²) in [5.41, 5.74) is 6.36. The predicted octanol–water partition coefficient (Wildman–Crippen LogP) is 0.849. The number of hydrogen-bond acceptors (Lipinski definition) is 4. The van der Waals surface area contributed by atoms with E-state index in [1.165, 1.54) is 0 Å². The standard InChI is InChI=1S/C10H17N3OS/c1-8-7-15-10(13-8)4-6-12-9(14)3-2-5-11/h7H,2-6,11H2,1H3,(H,12,14). The molecule has 4 nitrogen and oxygen atoms in total. The summed E-state index contributed by atoms with van der Waals surface area (Å²) in [7, 11) is 0. The number of aromatic nitrogens is 1. The quantitative estimate of drug-likeness (QED) is 0.757. The lowest BCUT2D eigenvalue weighted by Crippen LogP contribution is -2.25. The molecule has 1 heterocycles. The van der Waals surface area contributed by atoms with E-state index < -0.39 is 0 Å². The van der Waals surface area contributed by atoms with Gasteiger partial charge in [-0.3, -0.25) is 4.79 Å². The molecule has 0 aromatic carbocycles. The highest BCUT2D eigenvalue weighted by Crippen LogP contribution is 2.08. The van der Waals surface area contributed by atoms with Gasteiger partial charge in [0.05, 0.1) is 5.01 Å². The Morgan fingerprint density at radius 1 is 1.67 bits per heavy atom. The van der Waals surface area contributed by atoms with Gasteiger partial charge >= 0.3 is 0 Å². The zero-order valence-electron chi connectivity index (χ0n) is 8.95. The van der Waals surface area contributed by atoms with Crippen molar-refractivity contribution in [1.82, 2.24) is 10.3 Å². The lowest BCUT2D eigenvalue weighted by atomic mass is 10.3. The van der Waals surface area contributed by atoms with Gasteiger partial charge in [0.2, 0.25) is 5.91 Å². The fourth-order valence-corrected chi connectivity index (χ4v) is 1.95. The summed E-state index contributed by atoms with van der Waals surface area (Å²) in [5, 5.41) is 5.94. The molecule has 1 rings (SSSR count). The van der Waals surface area contributed by atoms with E-state index in [0.29, 0.717) is 19.5 Å². The fourth-order valence-electron chi connectivity index (χ4n) is 1.18. The van der Waals surface area contributed by atoms with Gasteiger partial charge in [-0.1, -0.05) is 0 Å². The summed E-state index contributed by atoms with van der Waals surface area (Å²) in [6, 6.07) is 0.